The highest BCUT2D eigenvalue weighted by atomic mass is 15.1. The molecule has 0 radical (unpaired) electrons. The van der Waals surface area contributed by atoms with Crippen LogP contribution in [0.4, 0.5) is 17.3 Å². The molecule has 94 valence electrons. The van der Waals surface area contributed by atoms with Crippen molar-refractivity contribution in [3.05, 3.63) is 47.5 Å². The summed E-state index contributed by atoms with van der Waals surface area (Å²) in [5.41, 5.74) is 3.58. The van der Waals surface area contributed by atoms with Crippen LogP contribution in [0.5, 0.6) is 0 Å². The van der Waals surface area contributed by atoms with Crippen molar-refractivity contribution in [2.75, 3.05) is 17.2 Å². The zero-order chi connectivity index (χ0) is 13.0. The summed E-state index contributed by atoms with van der Waals surface area (Å²) in [4.78, 5) is 4.49. The molecule has 0 atom stereocenters. The number of hydrogen-bond acceptors (Lipinski definition) is 3. The van der Waals surface area contributed by atoms with Crippen molar-refractivity contribution in [2.24, 2.45) is 0 Å². The summed E-state index contributed by atoms with van der Waals surface area (Å²) in [6, 6.07) is 12.3. The number of nitrogens with one attached hydrogen (secondary N) is 2. The van der Waals surface area contributed by atoms with Gasteiger partial charge in [0.25, 0.3) is 0 Å². The van der Waals surface area contributed by atoms with Gasteiger partial charge in [-0.05, 0) is 56.2 Å². The molecular weight excluding hydrogens is 222 g/mol. The smallest absolute Gasteiger partial charge is 0.132 e. The first kappa shape index (κ1) is 12.4. The van der Waals surface area contributed by atoms with Crippen molar-refractivity contribution < 1.29 is 0 Å². The SMILES string of the molecule is CCNc1cccc(Nc2cc(C)cc(C)c2)n1. The molecule has 3 nitrogen and oxygen atoms in total. The minimum absolute atomic E-state index is 0.860. The fraction of sp³-hybridized carbons (Fsp3) is 0.267. The Bertz CT molecular complexity index is 515. The maximum Gasteiger partial charge on any atom is 0.132 e. The summed E-state index contributed by atoms with van der Waals surface area (Å²) in [5.74, 6) is 1.75. The Balaban J connectivity index is 2.20. The molecule has 0 saturated heterocycles. The molecule has 0 aliphatic carbocycles. The Morgan fingerprint density at radius 3 is 2.33 bits per heavy atom. The number of rotatable bonds is 4. The number of pyridine rings is 1. The van der Waals surface area contributed by atoms with Gasteiger partial charge in [-0.25, -0.2) is 4.98 Å². The predicted octanol–water partition coefficient (Wildman–Crippen LogP) is 3.87. The van der Waals surface area contributed by atoms with E-state index in [4.69, 9.17) is 0 Å². The van der Waals surface area contributed by atoms with Gasteiger partial charge in [-0.15, -0.1) is 0 Å². The minimum atomic E-state index is 0.860. The number of benzene rings is 1. The number of nitrogens with zero attached hydrogens (tertiary/aromatic N) is 1. The van der Waals surface area contributed by atoms with Crippen LogP contribution in [0.3, 0.4) is 0 Å². The quantitative estimate of drug-likeness (QED) is 0.853. The standard InChI is InChI=1S/C15H19N3/c1-4-16-14-6-5-7-15(18-14)17-13-9-11(2)8-12(3)10-13/h5-10H,4H2,1-3H3,(H2,16,17,18). The van der Waals surface area contributed by atoms with Crippen LogP contribution in [0.15, 0.2) is 36.4 Å². The van der Waals surface area contributed by atoms with Crippen molar-refractivity contribution in [3.8, 4) is 0 Å². The van der Waals surface area contributed by atoms with Gasteiger partial charge >= 0.3 is 0 Å². The lowest BCUT2D eigenvalue weighted by atomic mass is 10.1. The van der Waals surface area contributed by atoms with E-state index in [1.807, 2.05) is 18.2 Å². The molecule has 0 aliphatic heterocycles. The van der Waals surface area contributed by atoms with E-state index >= 15 is 0 Å². The molecule has 2 N–H and O–H groups in total. The highest BCUT2D eigenvalue weighted by Gasteiger charge is 1.99. The largest absolute Gasteiger partial charge is 0.370 e. The maximum atomic E-state index is 4.49. The molecule has 0 fully saturated rings. The number of hydrogen-bond donors (Lipinski definition) is 2. The minimum Gasteiger partial charge on any atom is -0.370 e. The normalized spacial score (nSPS) is 10.2. The van der Waals surface area contributed by atoms with E-state index in [9.17, 15) is 0 Å². The first-order chi connectivity index (χ1) is 8.67. The maximum absolute atomic E-state index is 4.49. The average molecular weight is 241 g/mol. The molecule has 0 bridgehead atoms. The zero-order valence-corrected chi connectivity index (χ0v) is 11.1. The summed E-state index contributed by atoms with van der Waals surface area (Å²) >= 11 is 0. The molecular formula is C15H19N3. The van der Waals surface area contributed by atoms with Crippen LogP contribution in [-0.2, 0) is 0 Å². The van der Waals surface area contributed by atoms with Crippen molar-refractivity contribution >= 4 is 17.3 Å². The van der Waals surface area contributed by atoms with Gasteiger partial charge in [0.15, 0.2) is 0 Å². The van der Waals surface area contributed by atoms with Crippen molar-refractivity contribution in [3.63, 3.8) is 0 Å². The third-order valence-corrected chi connectivity index (χ3v) is 2.60. The number of aromatic nitrogens is 1. The lowest BCUT2D eigenvalue weighted by Gasteiger charge is -2.09. The van der Waals surface area contributed by atoms with Gasteiger partial charge in [0.1, 0.15) is 11.6 Å². The van der Waals surface area contributed by atoms with Gasteiger partial charge in [-0.3, -0.25) is 0 Å². The first-order valence-electron chi connectivity index (χ1n) is 6.23. The van der Waals surface area contributed by atoms with Crippen LogP contribution in [0.25, 0.3) is 0 Å². The van der Waals surface area contributed by atoms with Crippen LogP contribution in [0.2, 0.25) is 0 Å². The molecule has 1 aromatic carbocycles. The van der Waals surface area contributed by atoms with E-state index in [1.54, 1.807) is 0 Å². The van der Waals surface area contributed by atoms with E-state index < -0.39 is 0 Å². The summed E-state index contributed by atoms with van der Waals surface area (Å²) in [6.07, 6.45) is 0. The van der Waals surface area contributed by atoms with Gasteiger partial charge in [-0.2, -0.15) is 0 Å². The summed E-state index contributed by atoms with van der Waals surface area (Å²) in [6.45, 7) is 7.13. The van der Waals surface area contributed by atoms with E-state index in [1.165, 1.54) is 11.1 Å². The third kappa shape index (κ3) is 3.23. The Kier molecular flexibility index (Phi) is 3.82. The highest BCUT2D eigenvalue weighted by molar-refractivity contribution is 5.59. The Morgan fingerprint density at radius 2 is 1.67 bits per heavy atom. The Hall–Kier alpha value is -2.03. The lowest BCUT2D eigenvalue weighted by Crippen LogP contribution is -2.01. The molecule has 1 heterocycles. The van der Waals surface area contributed by atoms with E-state index in [-0.39, 0.29) is 0 Å². The molecule has 0 amide bonds. The van der Waals surface area contributed by atoms with E-state index in [0.717, 1.165) is 23.9 Å². The summed E-state index contributed by atoms with van der Waals surface area (Å²) < 4.78 is 0. The van der Waals surface area contributed by atoms with E-state index in [2.05, 4.69) is 54.6 Å². The van der Waals surface area contributed by atoms with E-state index in [0.29, 0.717) is 0 Å². The number of anilines is 3. The summed E-state index contributed by atoms with van der Waals surface area (Å²) in [7, 11) is 0. The Labute approximate surface area is 108 Å². The van der Waals surface area contributed by atoms with Gasteiger partial charge in [-0.1, -0.05) is 12.1 Å². The van der Waals surface area contributed by atoms with Crippen molar-refractivity contribution in [2.45, 2.75) is 20.8 Å². The second-order valence-corrected chi connectivity index (χ2v) is 4.44. The molecule has 2 aromatic rings. The molecule has 0 unspecified atom stereocenters. The molecule has 0 spiro atoms. The fourth-order valence-corrected chi connectivity index (χ4v) is 1.98. The topological polar surface area (TPSA) is 37.0 Å². The molecule has 2 rings (SSSR count). The van der Waals surface area contributed by atoms with Gasteiger partial charge in [0.2, 0.25) is 0 Å². The molecule has 3 heteroatoms. The first-order valence-corrected chi connectivity index (χ1v) is 6.23. The average Bonchev–Trinajstić information content (AvgIpc) is 2.28. The van der Waals surface area contributed by atoms with Crippen LogP contribution >= 0.6 is 0 Å². The number of aryl methyl sites for hydroxylation is 2. The lowest BCUT2D eigenvalue weighted by molar-refractivity contribution is 1.16. The third-order valence-electron chi connectivity index (χ3n) is 2.60. The predicted molar refractivity (Wildman–Crippen MR) is 77.6 cm³/mol. The van der Waals surface area contributed by atoms with Crippen LogP contribution in [0, 0.1) is 13.8 Å². The van der Waals surface area contributed by atoms with Gasteiger partial charge in [0.05, 0.1) is 0 Å². The molecule has 0 saturated carbocycles. The Morgan fingerprint density at radius 1 is 1.00 bits per heavy atom. The van der Waals surface area contributed by atoms with Crippen LogP contribution in [0.1, 0.15) is 18.1 Å². The van der Waals surface area contributed by atoms with Gasteiger partial charge < -0.3 is 10.6 Å². The highest BCUT2D eigenvalue weighted by Crippen LogP contribution is 2.19. The van der Waals surface area contributed by atoms with Crippen molar-refractivity contribution in [1.29, 1.82) is 0 Å². The molecule has 18 heavy (non-hydrogen) atoms. The van der Waals surface area contributed by atoms with Crippen LogP contribution < -0.4 is 10.6 Å². The second-order valence-electron chi connectivity index (χ2n) is 4.44. The molecule has 0 aliphatic rings. The van der Waals surface area contributed by atoms with Crippen LogP contribution in [-0.4, -0.2) is 11.5 Å². The second kappa shape index (κ2) is 5.54. The zero-order valence-electron chi connectivity index (χ0n) is 11.1. The monoisotopic (exact) mass is 241 g/mol. The fourth-order valence-electron chi connectivity index (χ4n) is 1.98. The van der Waals surface area contributed by atoms with Crippen molar-refractivity contribution in [1.82, 2.24) is 4.98 Å². The summed E-state index contributed by atoms with van der Waals surface area (Å²) in [5, 5.41) is 6.54. The molecule has 1 aromatic heterocycles. The van der Waals surface area contributed by atoms with Gasteiger partial charge in [0, 0.05) is 12.2 Å².